The monoisotopic (exact) mass is 1550 g/mol. The first-order chi connectivity index (χ1) is 51.5. The molecule has 1 fully saturated rings. The van der Waals surface area contributed by atoms with Crippen molar-refractivity contribution in [2.75, 3.05) is 51.0 Å². The number of H-pyrrole nitrogens is 1. The van der Waals surface area contributed by atoms with E-state index in [0.717, 1.165) is 0 Å². The summed E-state index contributed by atoms with van der Waals surface area (Å²) in [6, 6.07) is -1.65. The number of phenolic OH excluding ortho intramolecular Hbond substituents is 2. The summed E-state index contributed by atoms with van der Waals surface area (Å²) in [5, 5.41) is 85.3. The van der Waals surface area contributed by atoms with Crippen LogP contribution in [-0.2, 0) is 81.6 Å². The van der Waals surface area contributed by atoms with Gasteiger partial charge >= 0.3 is 0 Å². The highest BCUT2D eigenvalue weighted by Crippen LogP contribution is 2.21. The van der Waals surface area contributed by atoms with Gasteiger partial charge in [0.2, 0.25) is 76.8 Å². The number of aromatic hydroxyl groups is 2. The van der Waals surface area contributed by atoms with Gasteiger partial charge < -0.3 is 117 Å². The van der Waals surface area contributed by atoms with Crippen LogP contribution in [-0.4, -0.2) is 237 Å². The van der Waals surface area contributed by atoms with Crippen molar-refractivity contribution < 1.29 is 87.9 Å². The Balaban J connectivity index is 1.59. The maximum atomic E-state index is 14.7. The van der Waals surface area contributed by atoms with Crippen LogP contribution in [0.5, 0.6) is 11.5 Å². The van der Waals surface area contributed by atoms with Gasteiger partial charge in [-0.1, -0.05) is 76.6 Å². The van der Waals surface area contributed by atoms with E-state index in [0.29, 0.717) is 34.0 Å². The van der Waals surface area contributed by atoms with Crippen LogP contribution in [0.25, 0.3) is 10.9 Å². The highest BCUT2D eigenvalue weighted by atomic mass is 32.1. The van der Waals surface area contributed by atoms with E-state index in [2.05, 4.69) is 104 Å². The number of aliphatic imine (C=N–C) groups is 1. The summed E-state index contributed by atoms with van der Waals surface area (Å²) in [5.74, 6) is -15.9. The predicted octanol–water partition coefficient (Wildman–Crippen LogP) is -5.33. The largest absolute Gasteiger partial charge is 0.508 e. The quantitative estimate of drug-likeness (QED) is 0.0143. The average Bonchev–Trinajstić information content (AvgIpc) is 1.61. The molecule has 0 saturated carbocycles. The van der Waals surface area contributed by atoms with E-state index in [-0.39, 0.29) is 94.3 Å². The lowest BCUT2D eigenvalue weighted by atomic mass is 9.98. The van der Waals surface area contributed by atoms with Crippen LogP contribution in [0, 0.1) is 11.8 Å². The van der Waals surface area contributed by atoms with Crippen LogP contribution in [0.3, 0.4) is 0 Å². The number of carbonyl (C=O) groups excluding carboxylic acids is 13. The van der Waals surface area contributed by atoms with Gasteiger partial charge in [0.1, 0.15) is 84.0 Å². The number of nitrogens with one attached hydrogen (secondary N) is 14. The number of aromatic amines is 1. The molecule has 13 amide bonds. The van der Waals surface area contributed by atoms with Crippen LogP contribution in [0.2, 0.25) is 0 Å². The van der Waals surface area contributed by atoms with Crippen molar-refractivity contribution in [1.82, 2.24) is 74.1 Å². The van der Waals surface area contributed by atoms with Crippen LogP contribution in [0.1, 0.15) is 89.3 Å². The number of hydrogen-bond donors (Lipinski definition) is 24. The summed E-state index contributed by atoms with van der Waals surface area (Å²) in [5.41, 5.74) is 18.7. The number of phenols is 2. The van der Waals surface area contributed by atoms with Crippen molar-refractivity contribution in [3.05, 3.63) is 95.7 Å². The molecule has 36 nitrogen and oxygen atoms in total. The minimum absolute atomic E-state index is 0.0173. The number of aliphatic hydroxyl groups is 3. The van der Waals surface area contributed by atoms with Crippen molar-refractivity contribution in [3.8, 4) is 11.5 Å². The Bertz CT molecular complexity index is 3750. The van der Waals surface area contributed by atoms with Gasteiger partial charge in [-0.15, -0.1) is 0 Å². The van der Waals surface area contributed by atoms with Crippen molar-refractivity contribution in [2.45, 2.75) is 164 Å². The Morgan fingerprint density at radius 2 is 0.861 bits per heavy atom. The van der Waals surface area contributed by atoms with Gasteiger partial charge in [0.15, 0.2) is 5.96 Å². The lowest BCUT2D eigenvalue weighted by Crippen LogP contribution is -2.62. The van der Waals surface area contributed by atoms with Crippen molar-refractivity contribution >= 4 is 119 Å². The highest BCUT2D eigenvalue weighted by molar-refractivity contribution is 7.80. The Kier molecular flexibility index (Phi) is 36.6. The molecule has 2 heterocycles. The summed E-state index contributed by atoms with van der Waals surface area (Å²) in [7, 11) is 0. The van der Waals surface area contributed by atoms with Gasteiger partial charge in [0.25, 0.3) is 0 Å². The molecule has 25 N–H and O–H groups in total. The number of aliphatic hydroxyl groups excluding tert-OH is 3. The van der Waals surface area contributed by atoms with Crippen molar-refractivity contribution in [1.29, 1.82) is 0 Å². The third-order valence-corrected chi connectivity index (χ3v) is 18.3. The molecule has 0 unspecified atom stereocenters. The number of nitrogens with two attached hydrogens (primary N) is 3. The molecule has 1 saturated heterocycles. The first-order valence-electron chi connectivity index (χ1n) is 35.3. The number of benzene rings is 3. The molecule has 1 aliphatic rings. The number of unbranched alkanes of at least 4 members (excludes halogenated alkanes) is 1. The molecule has 4 aromatic rings. The maximum absolute atomic E-state index is 14.7. The van der Waals surface area contributed by atoms with Crippen molar-refractivity contribution in [3.63, 3.8) is 0 Å². The fourth-order valence-corrected chi connectivity index (χ4v) is 11.8. The third kappa shape index (κ3) is 28.1. The lowest BCUT2D eigenvalue weighted by Gasteiger charge is -2.28. The van der Waals surface area contributed by atoms with Gasteiger partial charge in [-0.3, -0.25) is 67.3 Å². The molecule has 0 radical (unpaired) electrons. The van der Waals surface area contributed by atoms with Gasteiger partial charge in [-0.05, 0) is 104 Å². The summed E-state index contributed by atoms with van der Waals surface area (Å²) in [6.45, 7) is 2.63. The normalized spacial score (nSPS) is 24.2. The fraction of sp³-hybridized carbons (Fsp3) is 0.514. The van der Waals surface area contributed by atoms with Gasteiger partial charge in [0.05, 0.1) is 26.4 Å². The van der Waals surface area contributed by atoms with E-state index in [4.69, 9.17) is 17.2 Å². The second kappa shape index (κ2) is 44.8. The zero-order valence-electron chi connectivity index (χ0n) is 60.4. The number of guanidine groups is 1. The first-order valence-corrected chi connectivity index (χ1v) is 36.5. The minimum atomic E-state index is -1.92. The molecule has 0 aliphatic carbocycles. The van der Waals surface area contributed by atoms with Gasteiger partial charge in [0, 0.05) is 54.4 Å². The number of amides is 13. The zero-order chi connectivity index (χ0) is 79.7. The summed E-state index contributed by atoms with van der Waals surface area (Å²) >= 11 is 8.70. The number of aromatic nitrogens is 1. The van der Waals surface area contributed by atoms with E-state index < -0.39 is 193 Å². The zero-order valence-corrected chi connectivity index (χ0v) is 62.2. The minimum Gasteiger partial charge on any atom is -0.508 e. The molecule has 38 heteroatoms. The number of carbonyl (C=O) groups is 13. The Morgan fingerprint density at radius 3 is 1.31 bits per heavy atom. The molecule has 1 aliphatic heterocycles. The Morgan fingerprint density at radius 1 is 0.472 bits per heavy atom. The molecule has 0 spiro atoms. The van der Waals surface area contributed by atoms with Gasteiger partial charge in [-0.25, -0.2) is 0 Å². The maximum Gasteiger partial charge on any atom is 0.245 e. The third-order valence-electron chi connectivity index (χ3n) is 17.6. The van der Waals surface area contributed by atoms with Crippen molar-refractivity contribution in [2.24, 2.45) is 34.0 Å². The number of nitrogens with zero attached hydrogens (tertiary/aromatic N) is 1. The first kappa shape index (κ1) is 88.3. The van der Waals surface area contributed by atoms with E-state index in [1.54, 1.807) is 58.2 Å². The summed E-state index contributed by atoms with van der Waals surface area (Å²) in [6.07, 6.45) is 1.02. The highest BCUT2D eigenvalue weighted by Gasteiger charge is 2.38. The second-order valence-corrected chi connectivity index (χ2v) is 27.1. The second-order valence-electron chi connectivity index (χ2n) is 26.4. The van der Waals surface area contributed by atoms with Crippen LogP contribution < -0.4 is 86.3 Å². The molecule has 0 bridgehead atoms. The van der Waals surface area contributed by atoms with E-state index in [1.165, 1.54) is 48.5 Å². The molecular formula is C70H102N18O18S2. The smallest absolute Gasteiger partial charge is 0.245 e. The number of fused-ring (bicyclic) bond motifs is 1. The van der Waals surface area contributed by atoms with Gasteiger partial charge in [-0.2, -0.15) is 25.3 Å². The standard InChI is InChI=1S/C70H102N18O18S2/c1-5-37(4)57-69(106)87-55(35-108)68(105)82-50(28-40-29-75-44-12-7-6-11-43(40)44)63(100)84-52(32-90)65(102)81-48(26-38-15-19-41(92)20-16-38)61(98)79-47(25-36(2)3)60(97)86-54(34-107)67(104)78-46(13-8-9-23-71)59(96)80-49(27-39-17-21-42(93)22-18-39)62(99)83-53(33-91)66(103)85-51(31-89)64(101)77-45(14-10-24-74-70(72)73)58(95)76-30-56(94)88-57/h6-7,11-12,15-22,29,36-37,45-55,57,75,89-93,107-108H,5,8-10,13-14,23-28,30-35,71H2,1-4H3,(H,76,95)(H,77,101)(H,78,104)(H,79,98)(H,80,96)(H,81,102)(H,82,105)(H,83,99)(H,84,100)(H,85,103)(H,86,97)(H,87,106)(H,88,94)(H4,72,73,74)/t37-,45-,46-,47-,48-,49-,50-,51-,52-,53-,54-,55-,57-/m0/s1. The number of thiol groups is 2. The predicted molar refractivity (Wildman–Crippen MR) is 402 cm³/mol. The number of para-hydroxylation sites is 1. The molecule has 13 atom stereocenters. The fourth-order valence-electron chi connectivity index (χ4n) is 11.3. The SMILES string of the molecule is CC[C@H](C)[C@@H]1NC(=O)CNC(=O)[C@H](CCCN=C(N)N)NC(=O)[C@H](CO)NC(=O)[C@H](CO)NC(=O)[C@H](Cc2ccc(O)cc2)NC(=O)[C@H](CCCCN)NC(=O)[C@H](CS)NC(=O)[C@H](CC(C)C)NC(=O)[C@H](Cc2ccc(O)cc2)NC(=O)[C@H](CO)NC(=O)[C@H](Cc2c[nH]c3ccccc23)NC(=O)[C@H](CS)NC1=O. The Labute approximate surface area is 634 Å². The molecule has 592 valence electrons. The average molecular weight is 1550 g/mol. The molecule has 108 heavy (non-hydrogen) atoms. The number of rotatable bonds is 23. The Hall–Kier alpha value is -10.3. The topological polar surface area (TPSA) is 586 Å². The van der Waals surface area contributed by atoms with Crippen LogP contribution in [0.15, 0.2) is 84.0 Å². The van der Waals surface area contributed by atoms with E-state index in [1.807, 2.05) is 0 Å². The number of hydrogen-bond acceptors (Lipinski definition) is 22. The van der Waals surface area contributed by atoms with Crippen LogP contribution in [0.4, 0.5) is 0 Å². The molecule has 5 rings (SSSR count). The molecular weight excluding hydrogens is 1450 g/mol. The molecule has 1 aromatic heterocycles. The summed E-state index contributed by atoms with van der Waals surface area (Å²) < 4.78 is 0. The van der Waals surface area contributed by atoms with E-state index in [9.17, 15) is 87.9 Å². The summed E-state index contributed by atoms with van der Waals surface area (Å²) in [4.78, 5) is 193. The van der Waals surface area contributed by atoms with E-state index >= 15 is 0 Å². The van der Waals surface area contributed by atoms with Crippen LogP contribution >= 0.6 is 25.3 Å². The molecule has 3 aromatic carbocycles. The lowest BCUT2D eigenvalue weighted by molar-refractivity contribution is -0.136.